The predicted molar refractivity (Wildman–Crippen MR) is 138 cm³/mol. The molecular weight excluding hydrogens is 513 g/mol. The van der Waals surface area contributed by atoms with Crippen LogP contribution in [0.1, 0.15) is 5.56 Å². The van der Waals surface area contributed by atoms with Crippen molar-refractivity contribution < 1.29 is 9.59 Å². The van der Waals surface area contributed by atoms with Crippen LogP contribution in [-0.2, 0) is 16.0 Å². The minimum Gasteiger partial charge on any atom is -0.321 e. The number of thioether (sulfide) groups is 1. The smallest absolute Gasteiger partial charge is 0.269 e. The molecule has 1 fully saturated rings. The van der Waals surface area contributed by atoms with Gasteiger partial charge in [0.2, 0.25) is 5.91 Å². The molecule has 0 bridgehead atoms. The quantitative estimate of drug-likeness (QED) is 0.295. The number of rotatable bonds is 5. The molecule has 0 aliphatic carbocycles. The number of anilines is 2. The number of halogens is 3. The number of nitrogens with one attached hydrogen (secondary N) is 1. The molecule has 1 aliphatic rings. The number of nitriles is 1. The summed E-state index contributed by atoms with van der Waals surface area (Å²) in [5.41, 5.74) is 1.57. The minimum atomic E-state index is -0.623. The molecule has 1 heterocycles. The molecule has 0 aromatic heterocycles. The van der Waals surface area contributed by atoms with Crippen LogP contribution in [0.15, 0.2) is 83.4 Å². The van der Waals surface area contributed by atoms with Crippen molar-refractivity contribution in [1.29, 1.82) is 5.26 Å². The van der Waals surface area contributed by atoms with Crippen LogP contribution in [0.3, 0.4) is 0 Å². The number of hydrogen-bond acceptors (Lipinski definition) is 4. The normalized spacial score (nSPS) is 16.8. The summed E-state index contributed by atoms with van der Waals surface area (Å²) >= 11 is 19.5. The summed E-state index contributed by atoms with van der Waals surface area (Å²) in [6, 6.07) is 22.5. The summed E-state index contributed by atoms with van der Waals surface area (Å²) in [6.45, 7) is 0. The van der Waals surface area contributed by atoms with Gasteiger partial charge in [0.05, 0.1) is 5.25 Å². The third-order valence-corrected chi connectivity index (χ3v) is 7.15. The number of nitrogens with zero attached hydrogens (tertiary/aromatic N) is 2. The van der Waals surface area contributed by atoms with Crippen LogP contribution in [0.25, 0.3) is 0 Å². The van der Waals surface area contributed by atoms with Gasteiger partial charge in [-0.15, -0.1) is 0 Å². The molecule has 4 rings (SSSR count). The van der Waals surface area contributed by atoms with Crippen LogP contribution < -0.4 is 10.2 Å². The van der Waals surface area contributed by atoms with Gasteiger partial charge in [0.1, 0.15) is 16.7 Å². The molecular formula is C25H16Cl3N3O2S. The second-order valence-electron chi connectivity index (χ2n) is 7.31. The van der Waals surface area contributed by atoms with Gasteiger partial charge in [-0.1, -0.05) is 64.8 Å². The summed E-state index contributed by atoms with van der Waals surface area (Å²) in [5, 5.41) is 13.8. The first-order chi connectivity index (χ1) is 16.4. The van der Waals surface area contributed by atoms with Crippen molar-refractivity contribution in [2.75, 3.05) is 10.2 Å². The third kappa shape index (κ3) is 5.24. The van der Waals surface area contributed by atoms with E-state index in [-0.39, 0.29) is 22.9 Å². The van der Waals surface area contributed by atoms with Gasteiger partial charge in [-0.2, -0.15) is 5.26 Å². The van der Waals surface area contributed by atoms with E-state index in [1.807, 2.05) is 12.1 Å². The van der Waals surface area contributed by atoms with Crippen LogP contribution in [0.4, 0.5) is 11.4 Å². The Balaban J connectivity index is 1.72. The topological polar surface area (TPSA) is 73.2 Å². The molecule has 0 spiro atoms. The second kappa shape index (κ2) is 10.5. The zero-order chi connectivity index (χ0) is 24.2. The van der Waals surface area contributed by atoms with Gasteiger partial charge >= 0.3 is 0 Å². The van der Waals surface area contributed by atoms with Crippen molar-refractivity contribution in [3.05, 3.63) is 104 Å². The molecule has 1 atom stereocenters. The Labute approximate surface area is 215 Å². The highest BCUT2D eigenvalue weighted by molar-refractivity contribution is 8.05. The van der Waals surface area contributed by atoms with E-state index >= 15 is 0 Å². The summed E-state index contributed by atoms with van der Waals surface area (Å²) in [6.07, 6.45) is 0.285. The van der Waals surface area contributed by atoms with Crippen LogP contribution in [-0.4, -0.2) is 17.1 Å². The number of carbonyl (C=O) groups is 2. The molecule has 3 aromatic rings. The number of amides is 2. The van der Waals surface area contributed by atoms with Gasteiger partial charge in [0.15, 0.2) is 0 Å². The van der Waals surface area contributed by atoms with Crippen molar-refractivity contribution in [2.24, 2.45) is 0 Å². The molecule has 0 radical (unpaired) electrons. The van der Waals surface area contributed by atoms with E-state index in [2.05, 4.69) is 5.32 Å². The van der Waals surface area contributed by atoms with E-state index < -0.39 is 11.2 Å². The van der Waals surface area contributed by atoms with E-state index in [0.717, 1.165) is 11.8 Å². The van der Waals surface area contributed by atoms with Crippen LogP contribution in [0, 0.1) is 11.3 Å². The first kappa shape index (κ1) is 24.2. The zero-order valence-electron chi connectivity index (χ0n) is 17.5. The minimum absolute atomic E-state index is 0.170. The zero-order valence-corrected chi connectivity index (χ0v) is 20.6. The molecule has 5 nitrogen and oxygen atoms in total. The number of benzene rings is 3. The predicted octanol–water partition coefficient (Wildman–Crippen LogP) is 6.71. The van der Waals surface area contributed by atoms with E-state index in [1.165, 1.54) is 4.90 Å². The molecule has 3 aromatic carbocycles. The van der Waals surface area contributed by atoms with E-state index in [9.17, 15) is 14.9 Å². The average molecular weight is 529 g/mol. The van der Waals surface area contributed by atoms with Crippen LogP contribution >= 0.6 is 46.6 Å². The number of hydrogen-bond donors (Lipinski definition) is 1. The molecule has 0 saturated carbocycles. The SMILES string of the molecule is N#C/C(C(=O)Nc1ccc(Cl)cc1)=C1/S[C@H](Cc2cc(Cl)ccc2Cl)C(=O)N1c1ccccc1. The second-order valence-corrected chi connectivity index (χ2v) is 9.78. The molecule has 0 unspecified atom stereocenters. The Morgan fingerprint density at radius 1 is 1.00 bits per heavy atom. The van der Waals surface area contributed by atoms with Crippen molar-refractivity contribution >= 4 is 69.8 Å². The molecule has 9 heteroatoms. The molecule has 1 aliphatic heterocycles. The fourth-order valence-corrected chi connectivity index (χ4v) is 5.24. The first-order valence-electron chi connectivity index (χ1n) is 10.1. The standard InChI is InChI=1S/C25H16Cl3N3O2S/c26-16-6-9-18(10-7-16)30-23(32)20(14-29)25-31(19-4-2-1-3-5-19)24(33)22(34-25)13-15-12-17(27)8-11-21(15)28/h1-12,22H,13H2,(H,30,32)/b25-20-/t22-/m1/s1. The van der Waals surface area contributed by atoms with E-state index in [0.29, 0.717) is 32.0 Å². The maximum Gasteiger partial charge on any atom is 0.269 e. The summed E-state index contributed by atoms with van der Waals surface area (Å²) < 4.78 is 0. The van der Waals surface area contributed by atoms with Gasteiger partial charge in [-0.25, -0.2) is 0 Å². The van der Waals surface area contributed by atoms with Gasteiger partial charge in [0, 0.05) is 26.4 Å². The van der Waals surface area contributed by atoms with Crippen LogP contribution in [0.2, 0.25) is 15.1 Å². The van der Waals surface area contributed by atoms with E-state index in [1.54, 1.807) is 66.7 Å². The Kier molecular flexibility index (Phi) is 7.50. The maximum atomic E-state index is 13.5. The summed E-state index contributed by atoms with van der Waals surface area (Å²) in [4.78, 5) is 28.0. The van der Waals surface area contributed by atoms with Gasteiger partial charge in [0.25, 0.3) is 5.91 Å². The molecule has 1 N–H and O–H groups in total. The van der Waals surface area contributed by atoms with Crippen LogP contribution in [0.5, 0.6) is 0 Å². The van der Waals surface area contributed by atoms with Crippen molar-refractivity contribution in [1.82, 2.24) is 0 Å². The molecule has 2 amide bonds. The number of carbonyl (C=O) groups excluding carboxylic acids is 2. The van der Waals surface area contributed by atoms with Gasteiger partial charge in [-0.05, 0) is 66.6 Å². The lowest BCUT2D eigenvalue weighted by Crippen LogP contribution is -2.30. The fraction of sp³-hybridized carbons (Fsp3) is 0.0800. The van der Waals surface area contributed by atoms with Gasteiger partial charge in [-0.3, -0.25) is 14.5 Å². The number of para-hydroxylation sites is 1. The third-order valence-electron chi connectivity index (χ3n) is 5.04. The lowest BCUT2D eigenvalue weighted by Gasteiger charge is -2.18. The van der Waals surface area contributed by atoms with E-state index in [4.69, 9.17) is 34.8 Å². The Morgan fingerprint density at radius 2 is 1.68 bits per heavy atom. The largest absolute Gasteiger partial charge is 0.321 e. The van der Waals surface area contributed by atoms with Crippen molar-refractivity contribution in [3.8, 4) is 6.07 Å². The van der Waals surface area contributed by atoms with Crippen molar-refractivity contribution in [3.63, 3.8) is 0 Å². The molecule has 170 valence electrons. The fourth-order valence-electron chi connectivity index (χ4n) is 3.43. The Hall–Kier alpha value is -2.95. The Morgan fingerprint density at radius 3 is 2.35 bits per heavy atom. The highest BCUT2D eigenvalue weighted by Gasteiger charge is 2.41. The summed E-state index contributed by atoms with van der Waals surface area (Å²) in [7, 11) is 0. The molecule has 34 heavy (non-hydrogen) atoms. The Bertz CT molecular complexity index is 1320. The lowest BCUT2D eigenvalue weighted by atomic mass is 10.1. The monoisotopic (exact) mass is 527 g/mol. The van der Waals surface area contributed by atoms with Crippen molar-refractivity contribution in [2.45, 2.75) is 11.7 Å². The average Bonchev–Trinajstić information content (AvgIpc) is 3.14. The summed E-state index contributed by atoms with van der Waals surface area (Å²) in [5.74, 6) is -0.878. The highest BCUT2D eigenvalue weighted by atomic mass is 35.5. The highest BCUT2D eigenvalue weighted by Crippen LogP contribution is 2.42. The lowest BCUT2D eigenvalue weighted by molar-refractivity contribution is -0.117. The molecule has 1 saturated heterocycles. The maximum absolute atomic E-state index is 13.5. The van der Waals surface area contributed by atoms with Gasteiger partial charge < -0.3 is 5.32 Å². The first-order valence-corrected chi connectivity index (χ1v) is 12.1.